The summed E-state index contributed by atoms with van der Waals surface area (Å²) >= 11 is 0. The third-order valence-corrected chi connectivity index (χ3v) is 3.45. The predicted octanol–water partition coefficient (Wildman–Crippen LogP) is 2.98. The van der Waals surface area contributed by atoms with Gasteiger partial charge < -0.3 is 10.6 Å². The summed E-state index contributed by atoms with van der Waals surface area (Å²) in [4.78, 5) is 14.1. The molecule has 0 radical (unpaired) electrons. The first-order chi connectivity index (χ1) is 9.65. The largest absolute Gasteiger partial charge is 0.326 e. The summed E-state index contributed by atoms with van der Waals surface area (Å²) in [5.74, 6) is -0.0236. The average molecular weight is 268 g/mol. The summed E-state index contributed by atoms with van der Waals surface area (Å²) in [7, 11) is 1.79. The number of carbonyl (C=O) groups is 1. The van der Waals surface area contributed by atoms with Crippen LogP contribution in [-0.4, -0.2) is 13.0 Å². The minimum absolute atomic E-state index is 0.0236. The Morgan fingerprint density at radius 3 is 2.40 bits per heavy atom. The normalized spacial score (nSPS) is 10.3. The number of anilines is 1. The molecular weight excluding hydrogens is 248 g/mol. The topological polar surface area (TPSA) is 46.3 Å². The SMILES string of the molecule is CCc1ccc(N(C)C(=O)c2cccc(CN)c2)cc1. The van der Waals surface area contributed by atoms with Crippen LogP contribution >= 0.6 is 0 Å². The van der Waals surface area contributed by atoms with Crippen molar-refractivity contribution in [2.75, 3.05) is 11.9 Å². The van der Waals surface area contributed by atoms with Gasteiger partial charge in [0.2, 0.25) is 0 Å². The van der Waals surface area contributed by atoms with Crippen LogP contribution in [-0.2, 0) is 13.0 Å². The second kappa shape index (κ2) is 6.35. The maximum Gasteiger partial charge on any atom is 0.258 e. The van der Waals surface area contributed by atoms with E-state index < -0.39 is 0 Å². The fourth-order valence-corrected chi connectivity index (χ4v) is 2.10. The number of benzene rings is 2. The first-order valence-electron chi connectivity index (χ1n) is 6.81. The highest BCUT2D eigenvalue weighted by Gasteiger charge is 2.13. The Labute approximate surface area is 120 Å². The number of hydrogen-bond acceptors (Lipinski definition) is 2. The van der Waals surface area contributed by atoms with Gasteiger partial charge in [-0.3, -0.25) is 4.79 Å². The molecule has 0 heterocycles. The molecule has 0 fully saturated rings. The number of carbonyl (C=O) groups excluding carboxylic acids is 1. The molecule has 2 aromatic carbocycles. The second-order valence-electron chi connectivity index (χ2n) is 4.79. The van der Waals surface area contributed by atoms with Crippen molar-refractivity contribution in [3.8, 4) is 0 Å². The number of amides is 1. The highest BCUT2D eigenvalue weighted by atomic mass is 16.2. The molecule has 2 rings (SSSR count). The standard InChI is InChI=1S/C17H20N2O/c1-3-13-7-9-16(10-8-13)19(2)17(20)15-6-4-5-14(11-15)12-18/h4-11H,3,12,18H2,1-2H3. The summed E-state index contributed by atoms with van der Waals surface area (Å²) in [6.45, 7) is 2.55. The lowest BCUT2D eigenvalue weighted by molar-refractivity contribution is 0.0993. The highest BCUT2D eigenvalue weighted by Crippen LogP contribution is 2.17. The van der Waals surface area contributed by atoms with E-state index >= 15 is 0 Å². The van der Waals surface area contributed by atoms with Gasteiger partial charge in [0.15, 0.2) is 0 Å². The van der Waals surface area contributed by atoms with Crippen molar-refractivity contribution in [2.24, 2.45) is 5.73 Å². The Kier molecular flexibility index (Phi) is 4.53. The molecule has 0 aliphatic rings. The molecule has 2 N–H and O–H groups in total. The summed E-state index contributed by atoms with van der Waals surface area (Å²) in [6, 6.07) is 15.5. The molecule has 2 aromatic rings. The van der Waals surface area contributed by atoms with Gasteiger partial charge in [0, 0.05) is 24.8 Å². The van der Waals surface area contributed by atoms with Crippen LogP contribution in [0.1, 0.15) is 28.4 Å². The van der Waals surface area contributed by atoms with Crippen LogP contribution in [0.2, 0.25) is 0 Å². The average Bonchev–Trinajstić information content (AvgIpc) is 2.53. The van der Waals surface area contributed by atoms with E-state index in [0.717, 1.165) is 17.7 Å². The quantitative estimate of drug-likeness (QED) is 0.926. The van der Waals surface area contributed by atoms with E-state index in [1.54, 1.807) is 11.9 Å². The van der Waals surface area contributed by atoms with Crippen LogP contribution in [0.15, 0.2) is 48.5 Å². The van der Waals surface area contributed by atoms with Crippen LogP contribution in [0.5, 0.6) is 0 Å². The van der Waals surface area contributed by atoms with Gasteiger partial charge in [-0.2, -0.15) is 0 Å². The number of nitrogens with two attached hydrogens (primary N) is 1. The van der Waals surface area contributed by atoms with E-state index in [2.05, 4.69) is 19.1 Å². The van der Waals surface area contributed by atoms with Crippen LogP contribution in [0, 0.1) is 0 Å². The van der Waals surface area contributed by atoms with E-state index in [-0.39, 0.29) is 5.91 Å². The Bertz CT molecular complexity index is 590. The molecule has 1 amide bonds. The fourth-order valence-electron chi connectivity index (χ4n) is 2.10. The molecule has 0 saturated carbocycles. The molecule has 0 aliphatic carbocycles. The second-order valence-corrected chi connectivity index (χ2v) is 4.79. The third-order valence-electron chi connectivity index (χ3n) is 3.45. The van der Waals surface area contributed by atoms with Gasteiger partial charge in [-0.15, -0.1) is 0 Å². The molecule has 3 heteroatoms. The van der Waals surface area contributed by atoms with Gasteiger partial charge in [0.25, 0.3) is 5.91 Å². The van der Waals surface area contributed by atoms with Gasteiger partial charge >= 0.3 is 0 Å². The van der Waals surface area contributed by atoms with Crippen LogP contribution in [0.3, 0.4) is 0 Å². The van der Waals surface area contributed by atoms with Crippen molar-refractivity contribution in [1.29, 1.82) is 0 Å². The molecule has 20 heavy (non-hydrogen) atoms. The van der Waals surface area contributed by atoms with Gasteiger partial charge in [-0.05, 0) is 41.8 Å². The molecule has 3 nitrogen and oxygen atoms in total. The van der Waals surface area contributed by atoms with Crippen molar-refractivity contribution in [3.05, 3.63) is 65.2 Å². The third kappa shape index (κ3) is 3.06. The smallest absolute Gasteiger partial charge is 0.258 e. The summed E-state index contributed by atoms with van der Waals surface area (Å²) in [5, 5.41) is 0. The molecule has 104 valence electrons. The number of nitrogens with zero attached hydrogens (tertiary/aromatic N) is 1. The maximum absolute atomic E-state index is 12.5. The minimum Gasteiger partial charge on any atom is -0.326 e. The van der Waals surface area contributed by atoms with Gasteiger partial charge in [-0.25, -0.2) is 0 Å². The molecule has 0 bridgehead atoms. The van der Waals surface area contributed by atoms with Crippen molar-refractivity contribution in [2.45, 2.75) is 19.9 Å². The van der Waals surface area contributed by atoms with E-state index in [0.29, 0.717) is 12.1 Å². The molecular formula is C17H20N2O. The Hall–Kier alpha value is -2.13. The van der Waals surface area contributed by atoms with Crippen molar-refractivity contribution < 1.29 is 4.79 Å². The van der Waals surface area contributed by atoms with E-state index in [9.17, 15) is 4.79 Å². The van der Waals surface area contributed by atoms with Gasteiger partial charge in [-0.1, -0.05) is 31.2 Å². The Morgan fingerprint density at radius 2 is 1.80 bits per heavy atom. The van der Waals surface area contributed by atoms with Crippen molar-refractivity contribution in [1.82, 2.24) is 0 Å². The lowest BCUT2D eigenvalue weighted by Crippen LogP contribution is -2.26. The van der Waals surface area contributed by atoms with Crippen LogP contribution in [0.4, 0.5) is 5.69 Å². The van der Waals surface area contributed by atoms with E-state index in [4.69, 9.17) is 5.73 Å². The Morgan fingerprint density at radius 1 is 1.10 bits per heavy atom. The van der Waals surface area contributed by atoms with Crippen LogP contribution < -0.4 is 10.6 Å². The van der Waals surface area contributed by atoms with Crippen LogP contribution in [0.25, 0.3) is 0 Å². The van der Waals surface area contributed by atoms with E-state index in [1.165, 1.54) is 5.56 Å². The van der Waals surface area contributed by atoms with E-state index in [1.807, 2.05) is 36.4 Å². The zero-order valence-electron chi connectivity index (χ0n) is 12.0. The first-order valence-corrected chi connectivity index (χ1v) is 6.81. The molecule has 0 spiro atoms. The van der Waals surface area contributed by atoms with Gasteiger partial charge in [0.1, 0.15) is 0 Å². The summed E-state index contributed by atoms with van der Waals surface area (Å²) in [5.41, 5.74) is 9.40. The molecule has 0 atom stereocenters. The van der Waals surface area contributed by atoms with Crippen molar-refractivity contribution in [3.63, 3.8) is 0 Å². The first kappa shape index (κ1) is 14.3. The lowest BCUT2D eigenvalue weighted by atomic mass is 10.1. The molecule has 0 aromatic heterocycles. The Balaban J connectivity index is 2.22. The lowest BCUT2D eigenvalue weighted by Gasteiger charge is -2.18. The zero-order chi connectivity index (χ0) is 14.5. The predicted molar refractivity (Wildman–Crippen MR) is 82.9 cm³/mol. The van der Waals surface area contributed by atoms with Crippen molar-refractivity contribution >= 4 is 11.6 Å². The summed E-state index contributed by atoms with van der Waals surface area (Å²) < 4.78 is 0. The number of hydrogen-bond donors (Lipinski definition) is 1. The number of rotatable bonds is 4. The molecule has 0 aliphatic heterocycles. The summed E-state index contributed by atoms with van der Waals surface area (Å²) in [6.07, 6.45) is 0.997. The molecule has 0 saturated heterocycles. The highest BCUT2D eigenvalue weighted by molar-refractivity contribution is 6.05. The van der Waals surface area contributed by atoms with Gasteiger partial charge in [0.05, 0.1) is 0 Å². The monoisotopic (exact) mass is 268 g/mol. The maximum atomic E-state index is 12.5. The fraction of sp³-hybridized carbons (Fsp3) is 0.235. The minimum atomic E-state index is -0.0236. The zero-order valence-corrected chi connectivity index (χ0v) is 12.0. The molecule has 0 unspecified atom stereocenters. The number of aryl methyl sites for hydroxylation is 1.